The van der Waals surface area contributed by atoms with Crippen molar-refractivity contribution in [3.8, 4) is 11.3 Å². The van der Waals surface area contributed by atoms with Gasteiger partial charge in [0.25, 0.3) is 0 Å². The number of hydrogen-bond acceptors (Lipinski definition) is 4. The van der Waals surface area contributed by atoms with Gasteiger partial charge in [0.15, 0.2) is 0 Å². The van der Waals surface area contributed by atoms with Crippen LogP contribution in [0.25, 0.3) is 22.2 Å². The van der Waals surface area contributed by atoms with Crippen LogP contribution in [0.2, 0.25) is 0 Å². The summed E-state index contributed by atoms with van der Waals surface area (Å²) in [5, 5.41) is 1.03. The first-order valence-electron chi connectivity index (χ1n) is 6.52. The van der Waals surface area contributed by atoms with Gasteiger partial charge in [-0.1, -0.05) is 18.2 Å². The Morgan fingerprint density at radius 2 is 2.10 bits per heavy atom. The average molecular weight is 266 g/mol. The Kier molecular flexibility index (Phi) is 3.29. The summed E-state index contributed by atoms with van der Waals surface area (Å²) in [5.41, 5.74) is 2.61. The summed E-state index contributed by atoms with van der Waals surface area (Å²) in [6, 6.07) is 9.70. The van der Waals surface area contributed by atoms with E-state index in [1.54, 1.807) is 19.4 Å². The van der Waals surface area contributed by atoms with E-state index in [0.717, 1.165) is 22.2 Å². The lowest BCUT2D eigenvalue weighted by Gasteiger charge is -2.01. The second-order valence-electron chi connectivity index (χ2n) is 4.71. The molecule has 0 aliphatic rings. The minimum absolute atomic E-state index is 0.146. The zero-order valence-corrected chi connectivity index (χ0v) is 11.2. The lowest BCUT2D eigenvalue weighted by atomic mass is 10.1. The molecule has 0 fully saturated rings. The van der Waals surface area contributed by atoms with Gasteiger partial charge in [-0.15, -0.1) is 0 Å². The molecule has 0 saturated carbocycles. The van der Waals surface area contributed by atoms with Crippen LogP contribution < -0.4 is 0 Å². The highest BCUT2D eigenvalue weighted by molar-refractivity contribution is 5.92. The number of Topliss-reactive ketones (excluding diaryl/α,β-unsaturated/α-hetero) is 1. The molecule has 0 N–H and O–H groups in total. The Bertz CT molecular complexity index is 762. The van der Waals surface area contributed by atoms with E-state index < -0.39 is 0 Å². The second kappa shape index (κ2) is 5.25. The van der Waals surface area contributed by atoms with Crippen molar-refractivity contribution in [3.05, 3.63) is 48.6 Å². The fraction of sp³-hybridized carbons (Fsp3) is 0.188. The van der Waals surface area contributed by atoms with Crippen molar-refractivity contribution >= 4 is 16.8 Å². The number of nitrogens with zero attached hydrogens (tertiary/aromatic N) is 2. The summed E-state index contributed by atoms with van der Waals surface area (Å²) in [4.78, 5) is 19.8. The Balaban J connectivity index is 1.97. The molecule has 4 nitrogen and oxygen atoms in total. The summed E-state index contributed by atoms with van der Waals surface area (Å²) in [6.07, 6.45) is 4.47. The van der Waals surface area contributed by atoms with E-state index in [-0.39, 0.29) is 5.78 Å². The molecule has 0 bridgehead atoms. The maximum absolute atomic E-state index is 11.0. The molecule has 2 heterocycles. The number of ketones is 1. The van der Waals surface area contributed by atoms with Crippen LogP contribution in [0.15, 0.2) is 47.2 Å². The quantitative estimate of drug-likeness (QED) is 0.726. The van der Waals surface area contributed by atoms with Crippen molar-refractivity contribution in [2.24, 2.45) is 0 Å². The van der Waals surface area contributed by atoms with E-state index in [1.165, 1.54) is 0 Å². The number of carbonyl (C=O) groups is 1. The SMILES string of the molecule is CC(=O)CCc1nccc(-c2coc3ccccc23)n1. The third kappa shape index (κ3) is 2.45. The molecule has 0 spiro atoms. The summed E-state index contributed by atoms with van der Waals surface area (Å²) < 4.78 is 5.53. The molecule has 2 aromatic heterocycles. The molecule has 0 amide bonds. The monoisotopic (exact) mass is 266 g/mol. The van der Waals surface area contributed by atoms with Gasteiger partial charge in [0.1, 0.15) is 23.5 Å². The van der Waals surface area contributed by atoms with Gasteiger partial charge < -0.3 is 9.21 Å². The van der Waals surface area contributed by atoms with Crippen LogP contribution >= 0.6 is 0 Å². The molecular weight excluding hydrogens is 252 g/mol. The highest BCUT2D eigenvalue weighted by Crippen LogP contribution is 2.28. The van der Waals surface area contributed by atoms with Crippen molar-refractivity contribution in [2.75, 3.05) is 0 Å². The number of aryl methyl sites for hydroxylation is 1. The minimum Gasteiger partial charge on any atom is -0.464 e. The first-order chi connectivity index (χ1) is 9.74. The number of carbonyl (C=O) groups excluding carboxylic acids is 1. The van der Waals surface area contributed by atoms with E-state index in [9.17, 15) is 4.79 Å². The first kappa shape index (κ1) is 12.5. The molecule has 0 atom stereocenters. The van der Waals surface area contributed by atoms with Gasteiger partial charge in [0.2, 0.25) is 0 Å². The number of para-hydroxylation sites is 1. The largest absolute Gasteiger partial charge is 0.464 e. The number of rotatable bonds is 4. The third-order valence-corrected chi connectivity index (χ3v) is 3.16. The van der Waals surface area contributed by atoms with Gasteiger partial charge in [-0.3, -0.25) is 0 Å². The summed E-state index contributed by atoms with van der Waals surface area (Å²) in [5.74, 6) is 0.829. The van der Waals surface area contributed by atoms with Crippen LogP contribution in [-0.2, 0) is 11.2 Å². The zero-order valence-electron chi connectivity index (χ0n) is 11.2. The molecule has 20 heavy (non-hydrogen) atoms. The lowest BCUT2D eigenvalue weighted by molar-refractivity contribution is -0.117. The molecule has 3 aromatic rings. The van der Waals surface area contributed by atoms with Gasteiger partial charge in [-0.05, 0) is 19.1 Å². The third-order valence-electron chi connectivity index (χ3n) is 3.16. The van der Waals surface area contributed by atoms with Crippen LogP contribution in [-0.4, -0.2) is 15.8 Å². The van der Waals surface area contributed by atoms with E-state index in [0.29, 0.717) is 18.7 Å². The molecule has 0 aliphatic heterocycles. The van der Waals surface area contributed by atoms with E-state index >= 15 is 0 Å². The highest BCUT2D eigenvalue weighted by Gasteiger charge is 2.10. The Morgan fingerprint density at radius 3 is 2.95 bits per heavy atom. The fourth-order valence-electron chi connectivity index (χ4n) is 2.13. The van der Waals surface area contributed by atoms with Gasteiger partial charge in [0, 0.05) is 30.0 Å². The smallest absolute Gasteiger partial charge is 0.134 e. The van der Waals surface area contributed by atoms with E-state index in [4.69, 9.17) is 4.42 Å². The predicted octanol–water partition coefficient (Wildman–Crippen LogP) is 3.41. The van der Waals surface area contributed by atoms with Crippen molar-refractivity contribution in [1.82, 2.24) is 9.97 Å². The van der Waals surface area contributed by atoms with Crippen LogP contribution in [0.5, 0.6) is 0 Å². The molecule has 4 heteroatoms. The Labute approximate surface area is 116 Å². The summed E-state index contributed by atoms with van der Waals surface area (Å²) in [6.45, 7) is 1.58. The first-order valence-corrected chi connectivity index (χ1v) is 6.52. The molecule has 3 rings (SSSR count). The number of hydrogen-bond donors (Lipinski definition) is 0. The fourth-order valence-corrected chi connectivity index (χ4v) is 2.13. The molecule has 1 aromatic carbocycles. The highest BCUT2D eigenvalue weighted by atomic mass is 16.3. The van der Waals surface area contributed by atoms with Gasteiger partial charge >= 0.3 is 0 Å². The predicted molar refractivity (Wildman–Crippen MR) is 76.2 cm³/mol. The van der Waals surface area contributed by atoms with Crippen LogP contribution in [0.4, 0.5) is 0 Å². The molecule has 100 valence electrons. The summed E-state index contributed by atoms with van der Waals surface area (Å²) in [7, 11) is 0. The average Bonchev–Trinajstić information content (AvgIpc) is 2.89. The Hall–Kier alpha value is -2.49. The van der Waals surface area contributed by atoms with Gasteiger partial charge in [-0.25, -0.2) is 9.97 Å². The normalized spacial score (nSPS) is 10.8. The molecule has 0 saturated heterocycles. The zero-order chi connectivity index (χ0) is 13.9. The number of furan rings is 1. The number of aromatic nitrogens is 2. The molecule has 0 unspecified atom stereocenters. The maximum atomic E-state index is 11.0. The number of fused-ring (bicyclic) bond motifs is 1. The second-order valence-corrected chi connectivity index (χ2v) is 4.71. The van der Waals surface area contributed by atoms with Crippen molar-refractivity contribution in [3.63, 3.8) is 0 Å². The van der Waals surface area contributed by atoms with Crippen LogP contribution in [0.1, 0.15) is 19.2 Å². The van der Waals surface area contributed by atoms with Gasteiger partial charge in [0.05, 0.1) is 5.69 Å². The van der Waals surface area contributed by atoms with E-state index in [2.05, 4.69) is 9.97 Å². The van der Waals surface area contributed by atoms with Crippen molar-refractivity contribution in [1.29, 1.82) is 0 Å². The topological polar surface area (TPSA) is 56.0 Å². The van der Waals surface area contributed by atoms with Crippen LogP contribution in [0, 0.1) is 0 Å². The molecular formula is C16H14N2O2. The maximum Gasteiger partial charge on any atom is 0.134 e. The molecule has 0 aliphatic carbocycles. The van der Waals surface area contributed by atoms with Crippen molar-refractivity contribution < 1.29 is 9.21 Å². The van der Waals surface area contributed by atoms with E-state index in [1.807, 2.05) is 30.3 Å². The number of benzene rings is 1. The van der Waals surface area contributed by atoms with Gasteiger partial charge in [-0.2, -0.15) is 0 Å². The van der Waals surface area contributed by atoms with Crippen LogP contribution in [0.3, 0.4) is 0 Å². The lowest BCUT2D eigenvalue weighted by Crippen LogP contribution is -2.00. The van der Waals surface area contributed by atoms with Crippen molar-refractivity contribution in [2.45, 2.75) is 19.8 Å². The minimum atomic E-state index is 0.146. The standard InChI is InChI=1S/C16H14N2O2/c1-11(19)6-7-16-17-9-8-14(18-16)13-10-20-15-5-3-2-4-12(13)15/h2-5,8-10H,6-7H2,1H3. The molecule has 0 radical (unpaired) electrons. The summed E-state index contributed by atoms with van der Waals surface area (Å²) >= 11 is 0. The Morgan fingerprint density at radius 1 is 1.25 bits per heavy atom.